The maximum absolute atomic E-state index is 14.0. The zero-order valence-corrected chi connectivity index (χ0v) is 13.4. The van der Waals surface area contributed by atoms with Crippen LogP contribution in [0, 0.1) is 15.2 Å². The Kier molecular flexibility index (Phi) is 5.17. The lowest BCUT2D eigenvalue weighted by Gasteiger charge is -2.13. The lowest BCUT2D eigenvalue weighted by molar-refractivity contribution is 0.360. The van der Waals surface area contributed by atoms with Crippen molar-refractivity contribution < 1.29 is 13.5 Å². The molecule has 0 unspecified atom stereocenters. The minimum Gasteiger partial charge on any atom is -0.487 e. The van der Waals surface area contributed by atoms with Gasteiger partial charge in [0.25, 0.3) is 0 Å². The summed E-state index contributed by atoms with van der Waals surface area (Å²) in [6, 6.07) is 8.48. The quantitative estimate of drug-likeness (QED) is 0.461. The van der Waals surface area contributed by atoms with E-state index in [9.17, 15) is 8.78 Å². The number of halogens is 3. The molecular formula is C16H14F2INO. The highest BCUT2D eigenvalue weighted by Gasteiger charge is 2.17. The first-order valence-electron chi connectivity index (χ1n) is 6.27. The Morgan fingerprint density at radius 2 is 1.90 bits per heavy atom. The molecule has 2 N–H and O–H groups in total. The van der Waals surface area contributed by atoms with Crippen molar-refractivity contribution in [1.82, 2.24) is 0 Å². The van der Waals surface area contributed by atoms with Crippen molar-refractivity contribution >= 4 is 28.3 Å². The minimum atomic E-state index is -0.969. The number of nitrogen functional groups attached to an aromatic ring is 1. The topological polar surface area (TPSA) is 35.2 Å². The van der Waals surface area contributed by atoms with Gasteiger partial charge in [-0.25, -0.2) is 8.78 Å². The molecule has 2 rings (SSSR count). The molecule has 0 radical (unpaired) electrons. The summed E-state index contributed by atoms with van der Waals surface area (Å²) in [5.41, 5.74) is 6.98. The van der Waals surface area contributed by atoms with Gasteiger partial charge >= 0.3 is 0 Å². The van der Waals surface area contributed by atoms with Crippen molar-refractivity contribution in [2.45, 2.75) is 6.42 Å². The van der Waals surface area contributed by atoms with Gasteiger partial charge in [0.2, 0.25) is 0 Å². The Labute approximate surface area is 135 Å². The third-order valence-electron chi connectivity index (χ3n) is 2.97. The van der Waals surface area contributed by atoms with Gasteiger partial charge < -0.3 is 10.5 Å². The standard InChI is InChI=1S/C16H14F2INO/c1-2-7-21-14-9-13(17)15(18)12(16(14)20)8-10-3-5-11(19)6-4-10/h2-6,9H,1,7-8,20H2. The molecule has 0 amide bonds. The van der Waals surface area contributed by atoms with Gasteiger partial charge in [-0.1, -0.05) is 24.8 Å². The lowest BCUT2D eigenvalue weighted by Crippen LogP contribution is -2.06. The number of rotatable bonds is 5. The second kappa shape index (κ2) is 6.89. The molecule has 110 valence electrons. The number of anilines is 1. The predicted octanol–water partition coefficient (Wildman–Crippen LogP) is 4.31. The molecule has 0 saturated carbocycles. The van der Waals surface area contributed by atoms with Crippen LogP contribution in [0.15, 0.2) is 43.0 Å². The molecule has 5 heteroatoms. The first kappa shape index (κ1) is 15.8. The van der Waals surface area contributed by atoms with Gasteiger partial charge in [0, 0.05) is 21.6 Å². The highest BCUT2D eigenvalue weighted by molar-refractivity contribution is 14.1. The van der Waals surface area contributed by atoms with E-state index in [1.165, 1.54) is 6.08 Å². The highest BCUT2D eigenvalue weighted by Crippen LogP contribution is 2.31. The molecule has 2 aromatic carbocycles. The van der Waals surface area contributed by atoms with Crippen molar-refractivity contribution in [2.24, 2.45) is 0 Å². The Morgan fingerprint density at radius 3 is 2.52 bits per heavy atom. The maximum atomic E-state index is 14.0. The monoisotopic (exact) mass is 401 g/mol. The van der Waals surface area contributed by atoms with E-state index in [0.29, 0.717) is 0 Å². The summed E-state index contributed by atoms with van der Waals surface area (Å²) in [4.78, 5) is 0. The Bertz CT molecular complexity index is 656. The van der Waals surface area contributed by atoms with Crippen molar-refractivity contribution in [3.8, 4) is 5.75 Å². The van der Waals surface area contributed by atoms with Gasteiger partial charge in [0.05, 0.1) is 5.69 Å². The summed E-state index contributed by atoms with van der Waals surface area (Å²) in [6.45, 7) is 3.69. The molecular weight excluding hydrogens is 387 g/mol. The molecule has 0 aromatic heterocycles. The van der Waals surface area contributed by atoms with E-state index in [2.05, 4.69) is 29.2 Å². The van der Waals surface area contributed by atoms with Gasteiger partial charge in [-0.05, 0) is 40.3 Å². The van der Waals surface area contributed by atoms with E-state index in [4.69, 9.17) is 10.5 Å². The lowest BCUT2D eigenvalue weighted by atomic mass is 10.0. The van der Waals surface area contributed by atoms with Gasteiger partial charge in [0.1, 0.15) is 12.4 Å². The van der Waals surface area contributed by atoms with E-state index in [-0.39, 0.29) is 30.0 Å². The Hall–Kier alpha value is -1.63. The van der Waals surface area contributed by atoms with Gasteiger partial charge in [0.15, 0.2) is 11.6 Å². The summed E-state index contributed by atoms with van der Waals surface area (Å²) in [6.07, 6.45) is 1.72. The van der Waals surface area contributed by atoms with E-state index < -0.39 is 11.6 Å². The number of hydrogen-bond acceptors (Lipinski definition) is 2. The normalized spacial score (nSPS) is 10.4. The molecule has 0 aliphatic heterocycles. The van der Waals surface area contributed by atoms with Crippen molar-refractivity contribution in [3.05, 3.63) is 69.3 Å². The third-order valence-corrected chi connectivity index (χ3v) is 3.69. The Morgan fingerprint density at radius 1 is 1.24 bits per heavy atom. The fraction of sp³-hybridized carbons (Fsp3) is 0.125. The van der Waals surface area contributed by atoms with Gasteiger partial charge in [-0.2, -0.15) is 0 Å². The van der Waals surface area contributed by atoms with Crippen molar-refractivity contribution in [3.63, 3.8) is 0 Å². The average Bonchev–Trinajstić information content (AvgIpc) is 2.48. The molecule has 0 aliphatic carbocycles. The molecule has 2 nitrogen and oxygen atoms in total. The van der Waals surface area contributed by atoms with E-state index in [0.717, 1.165) is 15.2 Å². The first-order valence-corrected chi connectivity index (χ1v) is 7.35. The summed E-state index contributed by atoms with van der Waals surface area (Å²) < 4.78 is 34.0. The van der Waals surface area contributed by atoms with E-state index >= 15 is 0 Å². The molecule has 0 saturated heterocycles. The largest absolute Gasteiger partial charge is 0.487 e. The molecule has 0 fully saturated rings. The number of ether oxygens (including phenoxy) is 1. The zero-order valence-electron chi connectivity index (χ0n) is 11.2. The van der Waals surface area contributed by atoms with Crippen LogP contribution in [0.2, 0.25) is 0 Å². The summed E-state index contributed by atoms with van der Waals surface area (Å²) in [7, 11) is 0. The molecule has 0 atom stereocenters. The first-order chi connectivity index (χ1) is 10.0. The van der Waals surface area contributed by atoms with E-state index in [1.54, 1.807) is 0 Å². The van der Waals surface area contributed by atoms with Crippen LogP contribution in [0.5, 0.6) is 5.75 Å². The molecule has 0 bridgehead atoms. The van der Waals surface area contributed by atoms with Crippen LogP contribution >= 0.6 is 22.6 Å². The SMILES string of the molecule is C=CCOc1cc(F)c(F)c(Cc2ccc(I)cc2)c1N. The van der Waals surface area contributed by atoms with Gasteiger partial charge in [-0.15, -0.1) is 0 Å². The molecule has 0 heterocycles. The summed E-state index contributed by atoms with van der Waals surface area (Å²) >= 11 is 2.18. The number of hydrogen-bond donors (Lipinski definition) is 1. The number of benzene rings is 2. The van der Waals surface area contributed by atoms with Crippen LogP contribution < -0.4 is 10.5 Å². The fourth-order valence-electron chi connectivity index (χ4n) is 1.91. The minimum absolute atomic E-state index is 0.107. The van der Waals surface area contributed by atoms with Crippen molar-refractivity contribution in [1.29, 1.82) is 0 Å². The van der Waals surface area contributed by atoms with Crippen LogP contribution in [-0.4, -0.2) is 6.61 Å². The van der Waals surface area contributed by atoms with Crippen LogP contribution in [0.25, 0.3) is 0 Å². The Balaban J connectivity index is 2.39. The summed E-state index contributed by atoms with van der Waals surface area (Å²) in [5, 5.41) is 0. The third kappa shape index (κ3) is 3.72. The van der Waals surface area contributed by atoms with Crippen molar-refractivity contribution in [2.75, 3.05) is 12.3 Å². The van der Waals surface area contributed by atoms with Gasteiger partial charge in [-0.3, -0.25) is 0 Å². The average molecular weight is 401 g/mol. The second-order valence-electron chi connectivity index (χ2n) is 4.47. The summed E-state index contributed by atoms with van der Waals surface area (Å²) in [5.74, 6) is -1.77. The zero-order chi connectivity index (χ0) is 15.4. The van der Waals surface area contributed by atoms with Crippen LogP contribution in [0.4, 0.5) is 14.5 Å². The smallest absolute Gasteiger partial charge is 0.164 e. The highest BCUT2D eigenvalue weighted by atomic mass is 127. The van der Waals surface area contributed by atoms with E-state index in [1.807, 2.05) is 24.3 Å². The second-order valence-corrected chi connectivity index (χ2v) is 5.71. The molecule has 0 aliphatic rings. The fourth-order valence-corrected chi connectivity index (χ4v) is 2.27. The predicted molar refractivity (Wildman–Crippen MR) is 88.4 cm³/mol. The number of nitrogens with two attached hydrogens (primary N) is 1. The molecule has 0 spiro atoms. The maximum Gasteiger partial charge on any atom is 0.164 e. The van der Waals surface area contributed by atoms with Crippen LogP contribution in [0.3, 0.4) is 0 Å². The molecule has 2 aromatic rings. The molecule has 21 heavy (non-hydrogen) atoms. The van der Waals surface area contributed by atoms with Crippen LogP contribution in [-0.2, 0) is 6.42 Å². The van der Waals surface area contributed by atoms with Crippen LogP contribution in [0.1, 0.15) is 11.1 Å².